The van der Waals surface area contributed by atoms with E-state index in [1.54, 1.807) is 30.4 Å². The second-order valence-electron chi connectivity index (χ2n) is 6.37. The highest BCUT2D eigenvalue weighted by Crippen LogP contribution is 2.32. The third-order valence-electron chi connectivity index (χ3n) is 4.62. The summed E-state index contributed by atoms with van der Waals surface area (Å²) in [6.45, 7) is 1.78. The van der Waals surface area contributed by atoms with Gasteiger partial charge >= 0.3 is 0 Å². The van der Waals surface area contributed by atoms with Gasteiger partial charge in [-0.05, 0) is 30.5 Å². The quantitative estimate of drug-likeness (QED) is 0.407. The first-order valence-electron chi connectivity index (χ1n) is 8.71. The van der Waals surface area contributed by atoms with Crippen LogP contribution in [0.5, 0.6) is 0 Å². The maximum absolute atomic E-state index is 13.0. The Balaban J connectivity index is 1.75. The fourth-order valence-corrected chi connectivity index (χ4v) is 3.82. The molecule has 0 fully saturated rings. The topological polar surface area (TPSA) is 69.1 Å². The van der Waals surface area contributed by atoms with Gasteiger partial charge in [-0.25, -0.2) is 0 Å². The summed E-state index contributed by atoms with van der Waals surface area (Å²) in [4.78, 5) is 17.5. The lowest BCUT2D eigenvalue weighted by atomic mass is 10.0. The van der Waals surface area contributed by atoms with Crippen molar-refractivity contribution >= 4 is 22.3 Å². The third kappa shape index (κ3) is 2.66. The van der Waals surface area contributed by atoms with Crippen molar-refractivity contribution in [2.24, 2.45) is 0 Å². The molecule has 5 nitrogen and oxygen atoms in total. The Hall–Kier alpha value is -3.51. The Morgan fingerprint density at radius 3 is 2.61 bits per heavy atom. The number of thiophene rings is 1. The second-order valence-corrected chi connectivity index (χ2v) is 7.15. The summed E-state index contributed by atoms with van der Waals surface area (Å²) in [6.07, 6.45) is 0. The number of rotatable bonds is 3. The molecule has 0 N–H and O–H groups in total. The predicted molar refractivity (Wildman–Crippen MR) is 109 cm³/mol. The molecule has 0 atom stereocenters. The predicted octanol–water partition coefficient (Wildman–Crippen LogP) is 5.55. The van der Waals surface area contributed by atoms with Crippen molar-refractivity contribution < 1.29 is 8.94 Å². The normalized spacial score (nSPS) is 11.2. The highest BCUT2D eigenvalue weighted by Gasteiger charge is 2.19. The maximum atomic E-state index is 13.0. The molecule has 0 aliphatic carbocycles. The molecule has 0 radical (unpaired) electrons. The summed E-state index contributed by atoms with van der Waals surface area (Å²) in [5.41, 5.74) is 3.28. The summed E-state index contributed by atoms with van der Waals surface area (Å²) in [5, 5.41) is 8.46. The van der Waals surface area contributed by atoms with E-state index in [4.69, 9.17) is 8.94 Å². The zero-order valence-corrected chi connectivity index (χ0v) is 15.7. The van der Waals surface area contributed by atoms with E-state index < -0.39 is 0 Å². The average molecular weight is 386 g/mol. The molecular weight excluding hydrogens is 372 g/mol. The molecular formula is C22H14N2O3S. The minimum absolute atomic E-state index is 0.0699. The van der Waals surface area contributed by atoms with Crippen LogP contribution in [0.2, 0.25) is 0 Å². The van der Waals surface area contributed by atoms with Crippen LogP contribution in [0, 0.1) is 6.92 Å². The van der Waals surface area contributed by atoms with E-state index in [1.807, 2.05) is 53.2 Å². The van der Waals surface area contributed by atoms with Crippen molar-refractivity contribution in [2.75, 3.05) is 0 Å². The van der Waals surface area contributed by atoms with Crippen molar-refractivity contribution in [3.05, 3.63) is 81.1 Å². The van der Waals surface area contributed by atoms with E-state index in [1.165, 1.54) is 0 Å². The first kappa shape index (κ1) is 16.6. The molecule has 0 spiro atoms. The Morgan fingerprint density at radius 1 is 0.964 bits per heavy atom. The summed E-state index contributed by atoms with van der Waals surface area (Å²) in [5.74, 6) is 1.37. The van der Waals surface area contributed by atoms with Crippen LogP contribution < -0.4 is 5.43 Å². The molecule has 28 heavy (non-hydrogen) atoms. The van der Waals surface area contributed by atoms with Gasteiger partial charge in [-0.1, -0.05) is 41.6 Å². The first-order chi connectivity index (χ1) is 13.7. The largest absolute Gasteiger partial charge is 0.455 e. The summed E-state index contributed by atoms with van der Waals surface area (Å²) in [6, 6.07) is 16.9. The van der Waals surface area contributed by atoms with E-state index in [0.29, 0.717) is 39.6 Å². The molecule has 136 valence electrons. The third-order valence-corrected chi connectivity index (χ3v) is 5.30. The summed E-state index contributed by atoms with van der Waals surface area (Å²) < 4.78 is 11.7. The number of aromatic nitrogens is 2. The van der Waals surface area contributed by atoms with Gasteiger partial charge in [0.25, 0.3) is 5.89 Å². The Kier molecular flexibility index (Phi) is 3.91. The number of hydrogen-bond acceptors (Lipinski definition) is 6. The van der Waals surface area contributed by atoms with Crippen LogP contribution in [0.3, 0.4) is 0 Å². The van der Waals surface area contributed by atoms with E-state index >= 15 is 0 Å². The SMILES string of the molecule is Cc1c(-c2ccccc2)oc2c(-c3nc(-c4ccsc4)no3)cccc2c1=O. The van der Waals surface area contributed by atoms with Crippen molar-refractivity contribution in [3.63, 3.8) is 0 Å². The van der Waals surface area contributed by atoms with Crippen LogP contribution in [0.4, 0.5) is 0 Å². The fraction of sp³-hybridized carbons (Fsp3) is 0.0455. The fourth-order valence-electron chi connectivity index (χ4n) is 3.18. The van der Waals surface area contributed by atoms with Crippen molar-refractivity contribution in [1.29, 1.82) is 0 Å². The van der Waals surface area contributed by atoms with Gasteiger partial charge in [0.2, 0.25) is 5.82 Å². The Bertz CT molecular complexity index is 1340. The zero-order chi connectivity index (χ0) is 19.1. The molecule has 0 saturated heterocycles. The van der Waals surface area contributed by atoms with E-state index in [0.717, 1.165) is 11.1 Å². The van der Waals surface area contributed by atoms with Crippen molar-refractivity contribution in [3.8, 4) is 34.2 Å². The molecule has 2 aromatic carbocycles. The van der Waals surface area contributed by atoms with Gasteiger partial charge in [0, 0.05) is 22.1 Å². The highest BCUT2D eigenvalue weighted by atomic mass is 32.1. The van der Waals surface area contributed by atoms with E-state index in [9.17, 15) is 4.79 Å². The number of hydrogen-bond donors (Lipinski definition) is 0. The van der Waals surface area contributed by atoms with Crippen LogP contribution in [-0.4, -0.2) is 10.1 Å². The minimum Gasteiger partial charge on any atom is -0.455 e. The molecule has 0 aliphatic rings. The summed E-state index contributed by atoms with van der Waals surface area (Å²) in [7, 11) is 0. The molecule has 0 amide bonds. The molecule has 0 aliphatic heterocycles. The van der Waals surface area contributed by atoms with Gasteiger partial charge in [0.15, 0.2) is 11.0 Å². The molecule has 0 unspecified atom stereocenters. The lowest BCUT2D eigenvalue weighted by molar-refractivity contribution is 0.432. The zero-order valence-electron chi connectivity index (χ0n) is 14.9. The molecule has 3 heterocycles. The van der Waals surface area contributed by atoms with Gasteiger partial charge < -0.3 is 8.94 Å². The van der Waals surface area contributed by atoms with Crippen LogP contribution >= 0.6 is 11.3 Å². The second kappa shape index (κ2) is 6.58. The molecule has 6 heteroatoms. The minimum atomic E-state index is -0.0699. The molecule has 5 aromatic rings. The van der Waals surface area contributed by atoms with Crippen LogP contribution in [0.15, 0.2) is 79.1 Å². The first-order valence-corrected chi connectivity index (χ1v) is 9.65. The average Bonchev–Trinajstić information content (AvgIpc) is 3.42. The number of nitrogens with zero attached hydrogens (tertiary/aromatic N) is 2. The Labute approximate surface area is 163 Å². The molecule has 5 rings (SSSR count). The lowest BCUT2D eigenvalue weighted by Gasteiger charge is -2.08. The van der Waals surface area contributed by atoms with E-state index in [-0.39, 0.29) is 5.43 Å². The van der Waals surface area contributed by atoms with Gasteiger partial charge in [0.05, 0.1) is 10.9 Å². The van der Waals surface area contributed by atoms with Gasteiger partial charge in [-0.15, -0.1) is 0 Å². The van der Waals surface area contributed by atoms with Gasteiger partial charge in [0.1, 0.15) is 5.76 Å². The monoisotopic (exact) mass is 386 g/mol. The van der Waals surface area contributed by atoms with Crippen molar-refractivity contribution in [2.45, 2.75) is 6.92 Å². The van der Waals surface area contributed by atoms with Crippen LogP contribution in [-0.2, 0) is 0 Å². The van der Waals surface area contributed by atoms with Crippen LogP contribution in [0.25, 0.3) is 45.1 Å². The molecule has 0 saturated carbocycles. The summed E-state index contributed by atoms with van der Waals surface area (Å²) >= 11 is 1.56. The standard InChI is InChI=1S/C22H14N2O3S/c1-13-18(25)16-8-5-9-17(20(16)26-19(13)14-6-3-2-4-7-14)22-23-21(24-27-22)15-10-11-28-12-15/h2-12H,1H3. The van der Waals surface area contributed by atoms with Crippen LogP contribution in [0.1, 0.15) is 5.56 Å². The highest BCUT2D eigenvalue weighted by molar-refractivity contribution is 7.08. The smallest absolute Gasteiger partial charge is 0.262 e. The van der Waals surface area contributed by atoms with E-state index in [2.05, 4.69) is 10.1 Å². The van der Waals surface area contributed by atoms with Crippen molar-refractivity contribution in [1.82, 2.24) is 10.1 Å². The number of fused-ring (bicyclic) bond motifs is 1. The molecule has 0 bridgehead atoms. The lowest BCUT2D eigenvalue weighted by Crippen LogP contribution is -2.07. The van der Waals surface area contributed by atoms with Gasteiger partial charge in [-0.2, -0.15) is 16.3 Å². The Morgan fingerprint density at radius 2 is 1.82 bits per heavy atom. The number of para-hydroxylation sites is 1. The molecule has 3 aromatic heterocycles. The van der Waals surface area contributed by atoms with Gasteiger partial charge in [-0.3, -0.25) is 4.79 Å². The number of benzene rings is 2. The maximum Gasteiger partial charge on any atom is 0.262 e.